The number of nitrogens with zero attached hydrogens (tertiary/aromatic N) is 1. The van der Waals surface area contributed by atoms with Crippen LogP contribution in [0.1, 0.15) is 49.9 Å². The zero-order valence-electron chi connectivity index (χ0n) is 28.1. The maximum absolute atomic E-state index is 13.3. The largest absolute Gasteiger partial charge is 0.478 e. The van der Waals surface area contributed by atoms with Crippen molar-refractivity contribution in [2.24, 2.45) is 11.7 Å². The van der Waals surface area contributed by atoms with Crippen molar-refractivity contribution in [3.63, 3.8) is 0 Å². The number of carboxylic acid groups (broad SMARTS) is 1. The fourth-order valence-electron chi connectivity index (χ4n) is 4.61. The van der Waals surface area contributed by atoms with Crippen molar-refractivity contribution in [1.82, 2.24) is 31.5 Å². The van der Waals surface area contributed by atoms with Gasteiger partial charge in [-0.2, -0.15) is 0 Å². The molecule has 50 heavy (non-hydrogen) atoms. The van der Waals surface area contributed by atoms with Crippen LogP contribution in [0.5, 0.6) is 0 Å². The van der Waals surface area contributed by atoms with Crippen LogP contribution in [-0.2, 0) is 33.5 Å². The van der Waals surface area contributed by atoms with Gasteiger partial charge in [-0.1, -0.05) is 13.8 Å². The Kier molecular flexibility index (Phi) is 17.6. The Morgan fingerprint density at radius 2 is 1.46 bits per heavy atom. The van der Waals surface area contributed by atoms with E-state index in [1.165, 1.54) is 24.3 Å². The summed E-state index contributed by atoms with van der Waals surface area (Å²) < 4.78 is 5.37. The lowest BCUT2D eigenvalue weighted by Crippen LogP contribution is -2.54. The molecule has 8 amide bonds. The Balaban J connectivity index is 1.72. The summed E-state index contributed by atoms with van der Waals surface area (Å²) in [6.45, 7) is 4.71. The first kappa shape index (κ1) is 40.8. The van der Waals surface area contributed by atoms with Gasteiger partial charge in [0, 0.05) is 63.4 Å². The minimum absolute atomic E-state index is 0.0155. The lowest BCUT2D eigenvalue weighted by atomic mass is 10.0. The number of rotatable bonds is 23. The van der Waals surface area contributed by atoms with Crippen molar-refractivity contribution in [3.05, 3.63) is 42.0 Å². The minimum atomic E-state index is -1.11. The van der Waals surface area contributed by atoms with E-state index in [0.29, 0.717) is 12.1 Å². The molecule has 2 atom stereocenters. The van der Waals surface area contributed by atoms with E-state index < -0.39 is 47.7 Å². The summed E-state index contributed by atoms with van der Waals surface area (Å²) in [5.41, 5.74) is 5.48. The van der Waals surface area contributed by atoms with E-state index >= 15 is 0 Å². The number of amides is 8. The molecule has 1 aliphatic heterocycles. The number of primary amides is 1. The quantitative estimate of drug-likeness (QED) is 0.0497. The number of benzene rings is 1. The second-order valence-electron chi connectivity index (χ2n) is 11.5. The topological polar surface area (TPSA) is 267 Å². The number of nitrogens with two attached hydrogens (primary N) is 1. The van der Waals surface area contributed by atoms with E-state index in [1.54, 1.807) is 0 Å². The molecule has 0 aliphatic carbocycles. The SMILES string of the molecule is CC(C)[C@H](NCCNC(=O)CCOCCNC(=O)CCN1C(=O)C=CC1=O)C(=O)N[C@@H](CCCNC(N)=O)C(=O)Nc1ccc(C(=O)O)cc1. The summed E-state index contributed by atoms with van der Waals surface area (Å²) in [7, 11) is 0. The lowest BCUT2D eigenvalue weighted by Gasteiger charge is -2.25. The molecule has 18 nitrogen and oxygen atoms in total. The molecule has 0 saturated heterocycles. The van der Waals surface area contributed by atoms with Crippen LogP contribution in [-0.4, -0.2) is 115 Å². The van der Waals surface area contributed by atoms with Crippen molar-refractivity contribution in [2.45, 2.75) is 51.6 Å². The van der Waals surface area contributed by atoms with E-state index in [-0.39, 0.29) is 88.5 Å². The van der Waals surface area contributed by atoms with Crippen LogP contribution in [0, 0.1) is 5.92 Å². The van der Waals surface area contributed by atoms with Gasteiger partial charge in [-0.3, -0.25) is 33.7 Å². The average Bonchev–Trinajstić information content (AvgIpc) is 3.38. The summed E-state index contributed by atoms with van der Waals surface area (Å²) >= 11 is 0. The van der Waals surface area contributed by atoms with Crippen molar-refractivity contribution < 1.29 is 48.2 Å². The highest BCUT2D eigenvalue weighted by atomic mass is 16.5. The highest BCUT2D eigenvalue weighted by Gasteiger charge is 2.27. The first-order valence-corrected chi connectivity index (χ1v) is 16.1. The number of ether oxygens (including phenoxy) is 1. The van der Waals surface area contributed by atoms with Gasteiger partial charge in [-0.25, -0.2) is 9.59 Å². The second-order valence-corrected chi connectivity index (χ2v) is 11.5. The standard InChI is InChI=1S/C32H46N8O10/c1-20(2)28(30(46)39-23(4-3-13-37-32(33)49)29(45)38-22-7-5-21(6-8-22)31(47)48)36-15-14-34-25(42)12-18-50-19-16-35-24(41)11-17-40-26(43)9-10-27(40)44/h5-10,20,23,28,36H,3-4,11-19H2,1-2H3,(H,34,42)(H,35,41)(H,38,45)(H,39,46)(H,47,48)(H3,33,37,49)/t23-,28-/m0/s1. The number of imide groups is 1. The molecule has 1 aliphatic rings. The van der Waals surface area contributed by atoms with Gasteiger partial charge in [-0.05, 0) is 43.0 Å². The van der Waals surface area contributed by atoms with Gasteiger partial charge in [0.05, 0.1) is 24.8 Å². The Labute approximate surface area is 289 Å². The fraction of sp³-hybridized carbons (Fsp3) is 0.500. The van der Waals surface area contributed by atoms with E-state index in [4.69, 9.17) is 15.6 Å². The number of hydrogen-bond donors (Lipinski definition) is 8. The third kappa shape index (κ3) is 15.2. The molecule has 0 aromatic heterocycles. The molecule has 1 heterocycles. The molecule has 2 rings (SSSR count). The molecular formula is C32H46N8O10. The molecule has 9 N–H and O–H groups in total. The van der Waals surface area contributed by atoms with Gasteiger partial charge in [0.25, 0.3) is 11.8 Å². The predicted octanol–water partition coefficient (Wildman–Crippen LogP) is -1.17. The first-order valence-electron chi connectivity index (χ1n) is 16.1. The summed E-state index contributed by atoms with van der Waals surface area (Å²) in [4.78, 5) is 96.6. The third-order valence-electron chi connectivity index (χ3n) is 7.27. The van der Waals surface area contributed by atoms with Crippen molar-refractivity contribution in [1.29, 1.82) is 0 Å². The maximum atomic E-state index is 13.3. The third-order valence-corrected chi connectivity index (χ3v) is 7.27. The Bertz CT molecular complexity index is 1380. The predicted molar refractivity (Wildman–Crippen MR) is 179 cm³/mol. The summed E-state index contributed by atoms with van der Waals surface area (Å²) in [5, 5.41) is 25.4. The zero-order valence-corrected chi connectivity index (χ0v) is 28.1. The summed E-state index contributed by atoms with van der Waals surface area (Å²) in [5.74, 6) is -3.83. The lowest BCUT2D eigenvalue weighted by molar-refractivity contribution is -0.137. The fourth-order valence-corrected chi connectivity index (χ4v) is 4.61. The molecule has 0 saturated carbocycles. The number of aromatic carboxylic acids is 1. The van der Waals surface area contributed by atoms with Crippen LogP contribution in [0.4, 0.5) is 10.5 Å². The zero-order chi connectivity index (χ0) is 37.1. The maximum Gasteiger partial charge on any atom is 0.335 e. The molecule has 1 aromatic rings. The summed E-state index contributed by atoms with van der Waals surface area (Å²) in [6.07, 6.45) is 2.82. The number of carboxylic acids is 1. The highest BCUT2D eigenvalue weighted by Crippen LogP contribution is 2.12. The van der Waals surface area contributed by atoms with Crippen molar-refractivity contribution in [2.75, 3.05) is 51.3 Å². The molecular weight excluding hydrogens is 656 g/mol. The monoisotopic (exact) mass is 702 g/mol. The van der Waals surface area contributed by atoms with Gasteiger partial charge in [-0.15, -0.1) is 0 Å². The first-order chi connectivity index (χ1) is 23.8. The van der Waals surface area contributed by atoms with Crippen LogP contribution < -0.4 is 37.6 Å². The molecule has 0 bridgehead atoms. The molecule has 1 aromatic carbocycles. The van der Waals surface area contributed by atoms with Gasteiger partial charge < -0.3 is 47.5 Å². The van der Waals surface area contributed by atoms with E-state index in [1.807, 2.05) is 13.8 Å². The molecule has 0 unspecified atom stereocenters. The molecule has 0 radical (unpaired) electrons. The highest BCUT2D eigenvalue weighted by molar-refractivity contribution is 6.13. The van der Waals surface area contributed by atoms with Gasteiger partial charge >= 0.3 is 12.0 Å². The van der Waals surface area contributed by atoms with Crippen LogP contribution in [0.15, 0.2) is 36.4 Å². The normalized spacial score (nSPS) is 13.5. The van der Waals surface area contributed by atoms with E-state index in [9.17, 15) is 38.4 Å². The van der Waals surface area contributed by atoms with Gasteiger partial charge in [0.1, 0.15) is 6.04 Å². The van der Waals surface area contributed by atoms with Crippen LogP contribution in [0.2, 0.25) is 0 Å². The molecule has 0 fully saturated rings. The van der Waals surface area contributed by atoms with E-state index in [2.05, 4.69) is 31.9 Å². The van der Waals surface area contributed by atoms with E-state index in [0.717, 1.165) is 17.1 Å². The van der Waals surface area contributed by atoms with Crippen LogP contribution >= 0.6 is 0 Å². The van der Waals surface area contributed by atoms with Gasteiger partial charge in [0.15, 0.2) is 0 Å². The van der Waals surface area contributed by atoms with Crippen LogP contribution in [0.25, 0.3) is 0 Å². The van der Waals surface area contributed by atoms with Gasteiger partial charge in [0.2, 0.25) is 23.6 Å². The van der Waals surface area contributed by atoms with Crippen LogP contribution in [0.3, 0.4) is 0 Å². The van der Waals surface area contributed by atoms with Crippen molar-refractivity contribution >= 4 is 53.1 Å². The average molecular weight is 703 g/mol. The minimum Gasteiger partial charge on any atom is -0.478 e. The number of anilines is 1. The number of carbonyl (C=O) groups is 8. The number of carbonyl (C=O) groups excluding carboxylic acids is 7. The number of nitrogens with one attached hydrogen (secondary N) is 6. The number of hydrogen-bond acceptors (Lipinski definition) is 10. The second kappa shape index (κ2) is 21.6. The van der Waals surface area contributed by atoms with Crippen molar-refractivity contribution in [3.8, 4) is 0 Å². The smallest absolute Gasteiger partial charge is 0.335 e. The summed E-state index contributed by atoms with van der Waals surface area (Å²) in [6, 6.07) is 3.11. The Morgan fingerprint density at radius 1 is 0.820 bits per heavy atom. The number of urea groups is 1. The molecule has 0 spiro atoms. The molecule has 18 heteroatoms. The molecule has 274 valence electrons. The Hall–Kier alpha value is -5.36. The Morgan fingerprint density at radius 3 is 2.08 bits per heavy atom.